The van der Waals surface area contributed by atoms with Crippen molar-refractivity contribution in [3.05, 3.63) is 30.9 Å². The molecule has 19 heavy (non-hydrogen) atoms. The van der Waals surface area contributed by atoms with Gasteiger partial charge in [0.1, 0.15) is 15.7 Å². The topological polar surface area (TPSA) is 90.9 Å². The predicted molar refractivity (Wildman–Crippen MR) is 74.2 cm³/mol. The van der Waals surface area contributed by atoms with Crippen LogP contribution in [-0.4, -0.2) is 35.0 Å². The monoisotopic (exact) mass is 280 g/mol. The largest absolute Gasteiger partial charge is 0.384 e. The minimum atomic E-state index is -2.92. The third kappa shape index (κ3) is 3.78. The molecule has 0 spiro atoms. The maximum Gasteiger partial charge on any atom is 0.147 e. The van der Waals surface area contributed by atoms with Gasteiger partial charge in [-0.3, -0.25) is 0 Å². The van der Waals surface area contributed by atoms with Crippen LogP contribution in [0.3, 0.4) is 0 Å². The fraction of sp³-hybridized carbons (Fsp3) is 0.333. The van der Waals surface area contributed by atoms with Gasteiger partial charge >= 0.3 is 0 Å². The Hall–Kier alpha value is -1.89. The van der Waals surface area contributed by atoms with Gasteiger partial charge in [-0.2, -0.15) is 0 Å². The van der Waals surface area contributed by atoms with Gasteiger partial charge in [0.25, 0.3) is 0 Å². The van der Waals surface area contributed by atoms with E-state index in [4.69, 9.17) is 5.73 Å². The summed E-state index contributed by atoms with van der Waals surface area (Å²) in [5.74, 6) is 0.636. The van der Waals surface area contributed by atoms with Crippen LogP contribution in [0.1, 0.15) is 6.42 Å². The van der Waals surface area contributed by atoms with E-state index in [9.17, 15) is 8.42 Å². The molecule has 2 heterocycles. The molecular formula is C12H16N4O2S. The highest BCUT2D eigenvalue weighted by Crippen LogP contribution is 2.19. The molecule has 7 heteroatoms. The molecule has 0 saturated carbocycles. The number of hydrogen-bond donors (Lipinski definition) is 1. The highest BCUT2D eigenvalue weighted by Gasteiger charge is 2.07. The van der Waals surface area contributed by atoms with Crippen molar-refractivity contribution in [2.24, 2.45) is 0 Å². The van der Waals surface area contributed by atoms with Crippen LogP contribution in [0.15, 0.2) is 30.9 Å². The molecule has 0 amide bonds. The fourth-order valence-electron chi connectivity index (χ4n) is 1.79. The highest BCUT2D eigenvalue weighted by atomic mass is 32.2. The number of imidazole rings is 1. The summed E-state index contributed by atoms with van der Waals surface area (Å²) in [6.07, 6.45) is 6.90. The molecule has 102 valence electrons. The van der Waals surface area contributed by atoms with Gasteiger partial charge in [-0.1, -0.05) is 0 Å². The van der Waals surface area contributed by atoms with Gasteiger partial charge in [-0.15, -0.1) is 0 Å². The smallest absolute Gasteiger partial charge is 0.147 e. The molecule has 0 aliphatic heterocycles. The number of nitrogens with zero attached hydrogens (tertiary/aromatic N) is 3. The number of rotatable bonds is 5. The minimum absolute atomic E-state index is 0.171. The molecule has 0 bridgehead atoms. The van der Waals surface area contributed by atoms with Crippen molar-refractivity contribution >= 4 is 15.7 Å². The lowest BCUT2D eigenvalue weighted by molar-refractivity contribution is 0.592. The van der Waals surface area contributed by atoms with E-state index < -0.39 is 9.84 Å². The molecule has 2 N–H and O–H groups in total. The second kappa shape index (κ2) is 5.40. The van der Waals surface area contributed by atoms with Crippen molar-refractivity contribution in [2.75, 3.05) is 17.7 Å². The molecule has 0 fully saturated rings. The van der Waals surface area contributed by atoms with E-state index >= 15 is 0 Å². The zero-order valence-electron chi connectivity index (χ0n) is 10.7. The lowest BCUT2D eigenvalue weighted by Gasteiger charge is -2.07. The molecule has 2 rings (SSSR count). The summed E-state index contributed by atoms with van der Waals surface area (Å²) in [5.41, 5.74) is 7.36. The second-order valence-electron chi connectivity index (χ2n) is 4.43. The van der Waals surface area contributed by atoms with Crippen LogP contribution in [0.4, 0.5) is 5.82 Å². The zero-order chi connectivity index (χ0) is 13.9. The molecule has 0 saturated heterocycles. The number of anilines is 1. The van der Waals surface area contributed by atoms with Crippen LogP contribution in [0.2, 0.25) is 0 Å². The summed E-state index contributed by atoms with van der Waals surface area (Å²) >= 11 is 0. The van der Waals surface area contributed by atoms with Gasteiger partial charge < -0.3 is 10.3 Å². The normalized spacial score (nSPS) is 11.6. The maximum atomic E-state index is 11.1. The fourth-order valence-corrected chi connectivity index (χ4v) is 2.45. The Balaban J connectivity index is 2.12. The van der Waals surface area contributed by atoms with Crippen molar-refractivity contribution < 1.29 is 8.42 Å². The van der Waals surface area contributed by atoms with E-state index in [1.54, 1.807) is 24.8 Å². The first kappa shape index (κ1) is 13.5. The minimum Gasteiger partial charge on any atom is -0.384 e. The van der Waals surface area contributed by atoms with E-state index in [2.05, 4.69) is 9.97 Å². The molecule has 0 unspecified atom stereocenters. The van der Waals surface area contributed by atoms with Gasteiger partial charge in [0.2, 0.25) is 0 Å². The SMILES string of the molecule is CS(=O)(=O)CCCn1cncc1-c1ccc(N)nc1. The third-order valence-corrected chi connectivity index (χ3v) is 3.74. The Morgan fingerprint density at radius 3 is 2.74 bits per heavy atom. The van der Waals surface area contributed by atoms with Gasteiger partial charge in [0.05, 0.1) is 24.0 Å². The first-order valence-electron chi connectivity index (χ1n) is 5.85. The number of sulfone groups is 1. The summed E-state index contributed by atoms with van der Waals surface area (Å²) < 4.78 is 24.1. The first-order valence-corrected chi connectivity index (χ1v) is 7.91. The molecule has 0 aliphatic carbocycles. The Morgan fingerprint density at radius 2 is 2.11 bits per heavy atom. The maximum absolute atomic E-state index is 11.1. The summed E-state index contributed by atoms with van der Waals surface area (Å²) in [7, 11) is -2.92. The van der Waals surface area contributed by atoms with Gasteiger partial charge in [0, 0.05) is 24.6 Å². The summed E-state index contributed by atoms with van der Waals surface area (Å²) in [5, 5.41) is 0. The van der Waals surface area contributed by atoms with Crippen molar-refractivity contribution in [1.29, 1.82) is 0 Å². The number of nitrogen functional groups attached to an aromatic ring is 1. The van der Waals surface area contributed by atoms with Crippen LogP contribution in [-0.2, 0) is 16.4 Å². The van der Waals surface area contributed by atoms with Crippen LogP contribution in [0, 0.1) is 0 Å². The van der Waals surface area contributed by atoms with Crippen LogP contribution in [0.5, 0.6) is 0 Å². The van der Waals surface area contributed by atoms with Crippen molar-refractivity contribution in [3.8, 4) is 11.3 Å². The number of aryl methyl sites for hydroxylation is 1. The summed E-state index contributed by atoms with van der Waals surface area (Å²) in [6, 6.07) is 3.59. The molecule has 2 aromatic heterocycles. The van der Waals surface area contributed by atoms with E-state index in [0.717, 1.165) is 11.3 Å². The number of hydrogen-bond acceptors (Lipinski definition) is 5. The van der Waals surface area contributed by atoms with Crippen molar-refractivity contribution in [2.45, 2.75) is 13.0 Å². The first-order chi connectivity index (χ1) is 8.96. The summed E-state index contributed by atoms with van der Waals surface area (Å²) in [6.45, 7) is 0.604. The number of pyridine rings is 1. The molecule has 6 nitrogen and oxygen atoms in total. The predicted octanol–water partition coefficient (Wildman–Crippen LogP) is 0.962. The Kier molecular flexibility index (Phi) is 3.84. The van der Waals surface area contributed by atoms with E-state index in [1.807, 2.05) is 10.6 Å². The number of nitrogens with two attached hydrogens (primary N) is 1. The van der Waals surface area contributed by atoms with E-state index in [0.29, 0.717) is 18.8 Å². The van der Waals surface area contributed by atoms with Gasteiger partial charge in [-0.05, 0) is 18.6 Å². The van der Waals surface area contributed by atoms with Crippen LogP contribution in [0.25, 0.3) is 11.3 Å². The standard InChI is InChI=1S/C12H16N4O2S/c1-19(17,18)6-2-5-16-9-14-8-11(16)10-3-4-12(13)15-7-10/h3-4,7-9H,2,5-6H2,1H3,(H2,13,15). The van der Waals surface area contributed by atoms with Crippen LogP contribution < -0.4 is 5.73 Å². The molecule has 0 aromatic carbocycles. The molecule has 2 aromatic rings. The highest BCUT2D eigenvalue weighted by molar-refractivity contribution is 7.90. The summed E-state index contributed by atoms with van der Waals surface area (Å²) in [4.78, 5) is 8.13. The lowest BCUT2D eigenvalue weighted by atomic mass is 10.2. The molecular weight excluding hydrogens is 264 g/mol. The quantitative estimate of drug-likeness (QED) is 0.881. The number of aromatic nitrogens is 3. The van der Waals surface area contributed by atoms with Crippen molar-refractivity contribution in [3.63, 3.8) is 0 Å². The average molecular weight is 280 g/mol. The van der Waals surface area contributed by atoms with E-state index in [-0.39, 0.29) is 5.75 Å². The second-order valence-corrected chi connectivity index (χ2v) is 6.69. The van der Waals surface area contributed by atoms with E-state index in [1.165, 1.54) is 6.26 Å². The Morgan fingerprint density at radius 1 is 1.32 bits per heavy atom. The van der Waals surface area contributed by atoms with Gasteiger partial charge in [-0.25, -0.2) is 18.4 Å². The zero-order valence-corrected chi connectivity index (χ0v) is 11.5. The molecule has 0 radical (unpaired) electrons. The van der Waals surface area contributed by atoms with Crippen molar-refractivity contribution in [1.82, 2.24) is 14.5 Å². The molecule has 0 aliphatic rings. The average Bonchev–Trinajstić information content (AvgIpc) is 2.77. The third-order valence-electron chi connectivity index (χ3n) is 2.71. The molecule has 0 atom stereocenters. The lowest BCUT2D eigenvalue weighted by Crippen LogP contribution is -2.07. The Labute approximate surface area is 112 Å². The van der Waals surface area contributed by atoms with Gasteiger partial charge in [0.15, 0.2) is 0 Å². The van der Waals surface area contributed by atoms with Crippen LogP contribution >= 0.6 is 0 Å². The Bertz CT molecular complexity index is 647.